The lowest BCUT2D eigenvalue weighted by Gasteiger charge is -2.39. The molecule has 0 radical (unpaired) electrons. The van der Waals surface area contributed by atoms with Crippen molar-refractivity contribution in [2.75, 3.05) is 6.61 Å². The minimum absolute atomic E-state index is 0.198. The van der Waals surface area contributed by atoms with E-state index in [9.17, 15) is 4.79 Å². The normalized spacial score (nSPS) is 17.8. The van der Waals surface area contributed by atoms with Crippen molar-refractivity contribution >= 4 is 15.7 Å². The van der Waals surface area contributed by atoms with Crippen molar-refractivity contribution in [3.8, 4) is 11.5 Å². The highest BCUT2D eigenvalue weighted by atomic mass is 28.2. The van der Waals surface area contributed by atoms with Crippen molar-refractivity contribution in [2.24, 2.45) is 0 Å². The molecule has 2 N–H and O–H groups in total. The molecule has 1 aliphatic rings. The van der Waals surface area contributed by atoms with Gasteiger partial charge in [0.2, 0.25) is 0 Å². The second kappa shape index (κ2) is 8.04. The van der Waals surface area contributed by atoms with Gasteiger partial charge < -0.3 is 13.9 Å². The van der Waals surface area contributed by atoms with E-state index in [1.54, 1.807) is 12.1 Å². The maximum atomic E-state index is 12.6. The summed E-state index contributed by atoms with van der Waals surface area (Å²) < 4.78 is 18.5. The van der Waals surface area contributed by atoms with E-state index in [-0.39, 0.29) is 22.6 Å². The lowest BCUT2D eigenvalue weighted by Crippen LogP contribution is -2.50. The van der Waals surface area contributed by atoms with E-state index < -0.39 is 15.4 Å². The molecule has 1 aromatic carbocycles. The lowest BCUT2D eigenvalue weighted by molar-refractivity contribution is -0.0503. The third-order valence-electron chi connectivity index (χ3n) is 4.47. The van der Waals surface area contributed by atoms with Gasteiger partial charge in [-0.15, -0.1) is 0 Å². The molecule has 0 saturated heterocycles. The van der Waals surface area contributed by atoms with Gasteiger partial charge in [0.25, 0.3) is 5.91 Å². The number of nitrogens with one attached hydrogen (secondary N) is 2. The molecule has 0 bridgehead atoms. The van der Waals surface area contributed by atoms with Crippen LogP contribution in [0.3, 0.4) is 0 Å². The van der Waals surface area contributed by atoms with E-state index in [0.29, 0.717) is 23.7 Å². The second-order valence-electron chi connectivity index (χ2n) is 10.3. The van der Waals surface area contributed by atoms with E-state index >= 15 is 0 Å². The number of hydrogen-bond acceptors (Lipinski definition) is 5. The van der Waals surface area contributed by atoms with Crippen molar-refractivity contribution in [3.63, 3.8) is 0 Å². The molecular weight excluding hydrogens is 372 g/mol. The molecule has 2 rings (SSSR count). The average Bonchev–Trinajstić information content (AvgIpc) is 2.57. The topological polar surface area (TPSA) is 68.8 Å². The molecule has 1 unspecified atom stereocenters. The molecule has 1 aromatic rings. The molecule has 1 atom stereocenters. The van der Waals surface area contributed by atoms with Crippen LogP contribution in [0.4, 0.5) is 0 Å². The van der Waals surface area contributed by atoms with E-state index in [2.05, 4.69) is 31.6 Å². The van der Waals surface area contributed by atoms with E-state index in [0.717, 1.165) is 5.56 Å². The third-order valence-corrected chi connectivity index (χ3v) is 6.22. The smallest absolute Gasteiger partial charge is 0.265 e. The van der Waals surface area contributed by atoms with Gasteiger partial charge in [0.05, 0.1) is 5.60 Å². The molecule has 1 amide bonds. The SMILES string of the molecule is Cc1c(C(=O)NNC(C)(C)C)ccc2c1OC(C(C)(C)O[SiH2]C(C)(C)C)CO2. The molecule has 0 aliphatic carbocycles. The first kappa shape index (κ1) is 22.7. The minimum atomic E-state index is -0.734. The highest BCUT2D eigenvalue weighted by molar-refractivity contribution is 6.31. The number of hydrogen-bond donors (Lipinski definition) is 2. The van der Waals surface area contributed by atoms with E-state index in [1.165, 1.54) is 0 Å². The van der Waals surface area contributed by atoms with Gasteiger partial charge in [0.1, 0.15) is 6.61 Å². The van der Waals surface area contributed by atoms with Crippen molar-refractivity contribution in [2.45, 2.75) is 84.6 Å². The first-order chi connectivity index (χ1) is 12.7. The number of carbonyl (C=O) groups excluding carboxylic acids is 1. The molecule has 1 aliphatic heterocycles. The van der Waals surface area contributed by atoms with Crippen molar-refractivity contribution in [3.05, 3.63) is 23.3 Å². The summed E-state index contributed by atoms with van der Waals surface area (Å²) in [5.74, 6) is 1.09. The van der Waals surface area contributed by atoms with Crippen LogP contribution in [0.5, 0.6) is 11.5 Å². The second-order valence-corrected chi connectivity index (χ2v) is 13.0. The predicted octanol–water partition coefficient (Wildman–Crippen LogP) is 3.27. The number of rotatable bonds is 5. The number of carbonyl (C=O) groups is 1. The lowest BCUT2D eigenvalue weighted by atomic mass is 10.00. The third kappa shape index (κ3) is 5.96. The zero-order valence-electron chi connectivity index (χ0n) is 18.8. The van der Waals surface area contributed by atoms with E-state index in [1.807, 2.05) is 41.5 Å². The van der Waals surface area contributed by atoms with Crippen LogP contribution in [0, 0.1) is 6.92 Å². The molecule has 0 aromatic heterocycles. The maximum Gasteiger partial charge on any atom is 0.265 e. The predicted molar refractivity (Wildman–Crippen MR) is 115 cm³/mol. The summed E-state index contributed by atoms with van der Waals surface area (Å²) in [6.07, 6.45) is -0.237. The molecule has 0 spiro atoms. The Morgan fingerprint density at radius 1 is 1.14 bits per heavy atom. The molecule has 0 saturated carbocycles. The Morgan fingerprint density at radius 2 is 1.79 bits per heavy atom. The summed E-state index contributed by atoms with van der Waals surface area (Å²) in [5, 5.41) is 0.200. The Kier molecular flexibility index (Phi) is 6.53. The van der Waals surface area contributed by atoms with Crippen LogP contribution in [0.25, 0.3) is 0 Å². The fourth-order valence-corrected chi connectivity index (χ4v) is 3.66. The van der Waals surface area contributed by atoms with Gasteiger partial charge in [-0.25, -0.2) is 5.43 Å². The first-order valence-electron chi connectivity index (χ1n) is 9.84. The fraction of sp³-hybridized carbons (Fsp3) is 0.667. The maximum absolute atomic E-state index is 12.6. The van der Waals surface area contributed by atoms with Gasteiger partial charge in [0.15, 0.2) is 27.4 Å². The van der Waals surface area contributed by atoms with Gasteiger partial charge in [0, 0.05) is 16.7 Å². The molecule has 6 nitrogen and oxygen atoms in total. The van der Waals surface area contributed by atoms with Crippen LogP contribution < -0.4 is 20.3 Å². The zero-order valence-corrected chi connectivity index (χ0v) is 20.2. The summed E-state index contributed by atoms with van der Waals surface area (Å²) in [6.45, 7) is 18.9. The number of benzene rings is 1. The Labute approximate surface area is 171 Å². The molecular formula is C21H36N2O4Si. The monoisotopic (exact) mass is 408 g/mol. The van der Waals surface area contributed by atoms with Crippen LogP contribution in [-0.2, 0) is 4.43 Å². The summed E-state index contributed by atoms with van der Waals surface area (Å²) in [7, 11) is -0.734. The average molecular weight is 409 g/mol. The number of hydrazine groups is 1. The summed E-state index contributed by atoms with van der Waals surface area (Å²) in [5.41, 5.74) is 6.40. The first-order valence-corrected chi connectivity index (χ1v) is 11.1. The zero-order chi connectivity index (χ0) is 21.3. The van der Waals surface area contributed by atoms with Crippen molar-refractivity contribution < 1.29 is 18.7 Å². The largest absolute Gasteiger partial charge is 0.486 e. The fourth-order valence-electron chi connectivity index (χ4n) is 2.66. The van der Waals surface area contributed by atoms with Gasteiger partial charge in [-0.2, -0.15) is 0 Å². The van der Waals surface area contributed by atoms with Crippen LogP contribution >= 0.6 is 0 Å². The van der Waals surface area contributed by atoms with Gasteiger partial charge in [-0.1, -0.05) is 20.8 Å². The molecule has 7 heteroatoms. The molecule has 0 fully saturated rings. The van der Waals surface area contributed by atoms with Crippen molar-refractivity contribution in [1.82, 2.24) is 10.9 Å². The molecule has 28 heavy (non-hydrogen) atoms. The Hall–Kier alpha value is -1.57. The van der Waals surface area contributed by atoms with Gasteiger partial charge in [-0.05, 0) is 58.7 Å². The van der Waals surface area contributed by atoms with Crippen LogP contribution in [0.15, 0.2) is 12.1 Å². The Bertz CT molecular complexity index is 720. The Morgan fingerprint density at radius 3 is 2.36 bits per heavy atom. The quantitative estimate of drug-likeness (QED) is 0.578. The standard InChI is InChI=1S/C21H36N2O4Si/c1-13-14(18(24)22-23-19(2,3)4)10-11-15-17(13)26-16(12-25-15)21(8,9)27-28-20(5,6)7/h10-11,16,23H,12,28H2,1-9H3,(H,22,24). The highest BCUT2D eigenvalue weighted by Crippen LogP contribution is 2.39. The van der Waals surface area contributed by atoms with E-state index in [4.69, 9.17) is 13.9 Å². The van der Waals surface area contributed by atoms with Gasteiger partial charge in [-0.3, -0.25) is 10.2 Å². The number of amides is 1. The van der Waals surface area contributed by atoms with Crippen molar-refractivity contribution in [1.29, 1.82) is 0 Å². The molecule has 158 valence electrons. The van der Waals surface area contributed by atoms with Crippen LogP contribution in [-0.4, -0.2) is 39.5 Å². The van der Waals surface area contributed by atoms with Gasteiger partial charge >= 0.3 is 0 Å². The minimum Gasteiger partial charge on any atom is -0.486 e. The Balaban J connectivity index is 2.18. The summed E-state index contributed by atoms with van der Waals surface area (Å²) in [6, 6.07) is 3.56. The summed E-state index contributed by atoms with van der Waals surface area (Å²) >= 11 is 0. The summed E-state index contributed by atoms with van der Waals surface area (Å²) in [4.78, 5) is 12.6. The van der Waals surface area contributed by atoms with Crippen LogP contribution in [0.2, 0.25) is 5.04 Å². The highest BCUT2D eigenvalue weighted by Gasteiger charge is 2.38. The number of fused-ring (bicyclic) bond motifs is 1. The van der Waals surface area contributed by atoms with Crippen LogP contribution in [0.1, 0.15) is 71.3 Å². The number of ether oxygens (including phenoxy) is 2. The molecule has 1 heterocycles.